The number of ether oxygens (including phenoxy) is 1. The molecule has 1 rings (SSSR count). The minimum absolute atomic E-state index is 0.0933. The van der Waals surface area contributed by atoms with E-state index in [1.165, 1.54) is 0 Å². The first kappa shape index (κ1) is 16.8. The first-order valence-corrected chi connectivity index (χ1v) is 7.44. The molecular formula is C16H28N2O2. The molecule has 1 unspecified atom stereocenters. The molecule has 0 saturated carbocycles. The molecule has 0 saturated heterocycles. The van der Waals surface area contributed by atoms with E-state index in [9.17, 15) is 5.11 Å². The van der Waals surface area contributed by atoms with E-state index >= 15 is 0 Å². The Balaban J connectivity index is 2.65. The van der Waals surface area contributed by atoms with Gasteiger partial charge < -0.3 is 20.5 Å². The van der Waals surface area contributed by atoms with E-state index in [4.69, 9.17) is 10.5 Å². The second-order valence-corrected chi connectivity index (χ2v) is 5.30. The summed E-state index contributed by atoms with van der Waals surface area (Å²) < 4.78 is 5.60. The van der Waals surface area contributed by atoms with Crippen LogP contribution >= 0.6 is 0 Å². The van der Waals surface area contributed by atoms with Gasteiger partial charge in [-0.1, -0.05) is 19.9 Å². The van der Waals surface area contributed by atoms with Crippen LogP contribution in [0.1, 0.15) is 45.8 Å². The van der Waals surface area contributed by atoms with Crippen molar-refractivity contribution in [1.82, 2.24) is 4.90 Å². The minimum atomic E-state index is -0.481. The molecular weight excluding hydrogens is 252 g/mol. The van der Waals surface area contributed by atoms with Crippen molar-refractivity contribution in [3.8, 4) is 5.75 Å². The third-order valence-electron chi connectivity index (χ3n) is 3.39. The Bertz CT molecular complexity index is 403. The van der Waals surface area contributed by atoms with Crippen LogP contribution in [0.25, 0.3) is 0 Å². The Morgan fingerprint density at radius 1 is 1.25 bits per heavy atom. The van der Waals surface area contributed by atoms with Gasteiger partial charge in [-0.05, 0) is 51.1 Å². The molecule has 1 aromatic rings. The lowest BCUT2D eigenvalue weighted by molar-refractivity contribution is 0.145. The number of hydrogen-bond donors (Lipinski definition) is 2. The number of nitrogens with two attached hydrogens (primary N) is 1. The number of anilines is 1. The van der Waals surface area contributed by atoms with Crippen molar-refractivity contribution in [2.45, 2.75) is 46.3 Å². The fourth-order valence-corrected chi connectivity index (χ4v) is 2.15. The third kappa shape index (κ3) is 5.02. The van der Waals surface area contributed by atoms with Gasteiger partial charge in [-0.15, -0.1) is 0 Å². The first-order valence-electron chi connectivity index (χ1n) is 7.44. The molecule has 0 heterocycles. The van der Waals surface area contributed by atoms with Crippen molar-refractivity contribution in [3.63, 3.8) is 0 Å². The van der Waals surface area contributed by atoms with Crippen LogP contribution in [0.2, 0.25) is 0 Å². The zero-order valence-electron chi connectivity index (χ0n) is 13.1. The quantitative estimate of drug-likeness (QED) is 0.719. The molecule has 0 aromatic heterocycles. The summed E-state index contributed by atoms with van der Waals surface area (Å²) in [7, 11) is 0. The average Bonchev–Trinajstić information content (AvgIpc) is 2.41. The van der Waals surface area contributed by atoms with Crippen LogP contribution in [0.4, 0.5) is 5.69 Å². The molecule has 0 bridgehead atoms. The van der Waals surface area contributed by atoms with E-state index in [0.29, 0.717) is 17.9 Å². The normalized spacial score (nSPS) is 12.9. The zero-order valence-corrected chi connectivity index (χ0v) is 13.1. The van der Waals surface area contributed by atoms with Crippen molar-refractivity contribution in [3.05, 3.63) is 23.8 Å². The van der Waals surface area contributed by atoms with Crippen molar-refractivity contribution < 1.29 is 9.84 Å². The van der Waals surface area contributed by atoms with Crippen molar-refractivity contribution in [2.24, 2.45) is 0 Å². The summed E-state index contributed by atoms with van der Waals surface area (Å²) >= 11 is 0. The first-order chi connectivity index (χ1) is 9.47. The van der Waals surface area contributed by atoms with Crippen LogP contribution in [-0.4, -0.2) is 35.7 Å². The maximum atomic E-state index is 10.2. The van der Waals surface area contributed by atoms with Crippen LogP contribution in [-0.2, 0) is 0 Å². The van der Waals surface area contributed by atoms with Gasteiger partial charge in [-0.2, -0.15) is 0 Å². The zero-order chi connectivity index (χ0) is 15.1. The molecule has 0 spiro atoms. The number of rotatable bonds is 8. The average molecular weight is 280 g/mol. The van der Waals surface area contributed by atoms with Gasteiger partial charge >= 0.3 is 0 Å². The van der Waals surface area contributed by atoms with Gasteiger partial charge in [0.2, 0.25) is 0 Å². The number of benzene rings is 1. The molecule has 1 atom stereocenters. The molecule has 0 fully saturated rings. The summed E-state index contributed by atoms with van der Waals surface area (Å²) in [4.78, 5) is 2.29. The van der Waals surface area contributed by atoms with Crippen LogP contribution in [0.5, 0.6) is 5.75 Å². The summed E-state index contributed by atoms with van der Waals surface area (Å²) in [5.41, 5.74) is 7.40. The van der Waals surface area contributed by atoms with Gasteiger partial charge in [0.1, 0.15) is 5.75 Å². The molecule has 3 N–H and O–H groups in total. The predicted octanol–water partition coefficient (Wildman–Crippen LogP) is 2.82. The lowest BCUT2D eigenvalue weighted by atomic mass is 10.1. The summed E-state index contributed by atoms with van der Waals surface area (Å²) in [6, 6.07) is 5.54. The fraction of sp³-hybridized carbons (Fsp3) is 0.625. The highest BCUT2D eigenvalue weighted by molar-refractivity contribution is 5.54. The van der Waals surface area contributed by atoms with Crippen LogP contribution in [0.3, 0.4) is 0 Å². The Morgan fingerprint density at radius 3 is 2.40 bits per heavy atom. The molecule has 0 aliphatic heterocycles. The van der Waals surface area contributed by atoms with E-state index in [2.05, 4.69) is 18.7 Å². The summed E-state index contributed by atoms with van der Waals surface area (Å²) in [6.45, 7) is 11.1. The van der Waals surface area contributed by atoms with E-state index in [1.54, 1.807) is 0 Å². The molecule has 0 radical (unpaired) electrons. The highest BCUT2D eigenvalue weighted by atomic mass is 16.5. The number of hydrogen-bond acceptors (Lipinski definition) is 4. The van der Waals surface area contributed by atoms with Gasteiger partial charge in [0, 0.05) is 6.54 Å². The van der Waals surface area contributed by atoms with Crippen molar-refractivity contribution in [2.75, 3.05) is 25.4 Å². The standard InChI is InChI=1S/C16H28N2O2/c1-5-18(6-2)10-9-15(19)13-7-8-16(14(17)11-13)20-12(3)4/h7-8,11-12,15,19H,5-6,9-10,17H2,1-4H3. The van der Waals surface area contributed by atoms with Gasteiger partial charge in [0.15, 0.2) is 0 Å². The Hall–Kier alpha value is -1.26. The predicted molar refractivity (Wildman–Crippen MR) is 84.0 cm³/mol. The number of nitrogens with zero attached hydrogens (tertiary/aromatic N) is 1. The second kappa shape index (κ2) is 8.12. The van der Waals surface area contributed by atoms with E-state index in [-0.39, 0.29) is 6.10 Å². The molecule has 0 aliphatic rings. The van der Waals surface area contributed by atoms with Crippen molar-refractivity contribution >= 4 is 5.69 Å². The highest BCUT2D eigenvalue weighted by Crippen LogP contribution is 2.27. The molecule has 1 aromatic carbocycles. The molecule has 0 aliphatic carbocycles. The number of aliphatic hydroxyl groups excluding tert-OH is 1. The van der Waals surface area contributed by atoms with Gasteiger partial charge in [-0.3, -0.25) is 0 Å². The second-order valence-electron chi connectivity index (χ2n) is 5.30. The number of nitrogen functional groups attached to an aromatic ring is 1. The maximum Gasteiger partial charge on any atom is 0.142 e. The van der Waals surface area contributed by atoms with Gasteiger partial charge in [0.05, 0.1) is 17.9 Å². The van der Waals surface area contributed by atoms with E-state index < -0.39 is 6.10 Å². The topological polar surface area (TPSA) is 58.7 Å². The summed E-state index contributed by atoms with van der Waals surface area (Å²) in [5, 5.41) is 10.2. The van der Waals surface area contributed by atoms with E-state index in [0.717, 1.165) is 25.2 Å². The minimum Gasteiger partial charge on any atom is -0.489 e. The molecule has 0 amide bonds. The Morgan fingerprint density at radius 2 is 1.90 bits per heavy atom. The maximum absolute atomic E-state index is 10.2. The van der Waals surface area contributed by atoms with Crippen LogP contribution < -0.4 is 10.5 Å². The molecule has 20 heavy (non-hydrogen) atoms. The Kier molecular flexibility index (Phi) is 6.82. The summed E-state index contributed by atoms with van der Waals surface area (Å²) in [5.74, 6) is 0.680. The van der Waals surface area contributed by atoms with Gasteiger partial charge in [0.25, 0.3) is 0 Å². The lowest BCUT2D eigenvalue weighted by Gasteiger charge is -2.20. The molecule has 4 nitrogen and oxygen atoms in total. The number of aliphatic hydroxyl groups is 1. The van der Waals surface area contributed by atoms with Crippen LogP contribution in [0, 0.1) is 0 Å². The largest absolute Gasteiger partial charge is 0.489 e. The fourth-order valence-electron chi connectivity index (χ4n) is 2.15. The lowest BCUT2D eigenvalue weighted by Crippen LogP contribution is -2.25. The van der Waals surface area contributed by atoms with Gasteiger partial charge in [-0.25, -0.2) is 0 Å². The smallest absolute Gasteiger partial charge is 0.142 e. The SMILES string of the molecule is CCN(CC)CCC(O)c1ccc(OC(C)C)c(N)c1. The summed E-state index contributed by atoms with van der Waals surface area (Å²) in [6.07, 6.45) is 0.327. The monoisotopic (exact) mass is 280 g/mol. The highest BCUT2D eigenvalue weighted by Gasteiger charge is 2.12. The third-order valence-corrected chi connectivity index (χ3v) is 3.39. The molecule has 114 valence electrons. The Labute approximate surface area is 122 Å². The molecule has 4 heteroatoms. The van der Waals surface area contributed by atoms with Crippen molar-refractivity contribution in [1.29, 1.82) is 0 Å². The van der Waals surface area contributed by atoms with Crippen LogP contribution in [0.15, 0.2) is 18.2 Å². The van der Waals surface area contributed by atoms with E-state index in [1.807, 2.05) is 32.0 Å².